The van der Waals surface area contributed by atoms with Gasteiger partial charge in [-0.15, -0.1) is 0 Å². The lowest BCUT2D eigenvalue weighted by atomic mass is 9.91. The molecule has 0 amide bonds. The molecule has 13 atom stereocenters. The molecule has 0 aromatic rings. The molecule has 2 heterocycles. The summed E-state index contributed by atoms with van der Waals surface area (Å²) in [6.07, 6.45) is -14.7. The summed E-state index contributed by atoms with van der Waals surface area (Å²) in [4.78, 5) is 0. The van der Waals surface area contributed by atoms with Crippen LogP contribution in [0.25, 0.3) is 0 Å². The van der Waals surface area contributed by atoms with Crippen LogP contribution < -0.4 is 0 Å². The third kappa shape index (κ3) is 6.80. The van der Waals surface area contributed by atoms with Gasteiger partial charge < -0.3 is 69.6 Å². The zero-order valence-electron chi connectivity index (χ0n) is 19.1. The van der Waals surface area contributed by atoms with Crippen molar-refractivity contribution < 1.29 is 69.6 Å². The van der Waals surface area contributed by atoms with Crippen molar-refractivity contribution in [2.45, 2.75) is 87.5 Å². The minimum Gasteiger partial charge on any atom is -0.394 e. The first-order chi connectivity index (χ1) is 16.1. The number of ether oxygens (including phenoxy) is 5. The van der Waals surface area contributed by atoms with Crippen LogP contribution in [0.2, 0.25) is 0 Å². The second-order valence-corrected chi connectivity index (χ2v) is 8.54. The molecule has 0 bridgehead atoms. The zero-order valence-corrected chi connectivity index (χ0v) is 19.1. The van der Waals surface area contributed by atoms with E-state index >= 15 is 0 Å². The molecule has 0 aromatic carbocycles. The van der Waals surface area contributed by atoms with Crippen LogP contribution in [0.4, 0.5) is 0 Å². The second-order valence-electron chi connectivity index (χ2n) is 8.54. The van der Waals surface area contributed by atoms with Crippen LogP contribution in [0.5, 0.6) is 0 Å². The molecular formula is C20H38O14. The van der Waals surface area contributed by atoms with Crippen molar-refractivity contribution >= 4 is 0 Å². The van der Waals surface area contributed by atoms with Crippen molar-refractivity contribution in [3.8, 4) is 0 Å². The summed E-state index contributed by atoms with van der Waals surface area (Å²) in [5.74, 6) is -0.795. The van der Waals surface area contributed by atoms with Crippen molar-refractivity contribution in [1.29, 1.82) is 0 Å². The average molecular weight is 503 g/mol. The predicted molar refractivity (Wildman–Crippen MR) is 110 cm³/mol. The van der Waals surface area contributed by atoms with Crippen LogP contribution in [0.15, 0.2) is 0 Å². The van der Waals surface area contributed by atoms with E-state index in [1.807, 2.05) is 0 Å². The Kier molecular flexibility index (Phi) is 11.9. The van der Waals surface area contributed by atoms with Gasteiger partial charge in [-0.3, -0.25) is 0 Å². The summed E-state index contributed by atoms with van der Waals surface area (Å²) in [7, 11) is 0. The first-order valence-electron chi connectivity index (χ1n) is 11.2. The number of aliphatic hydroxyl groups excluding tert-OH is 9. The summed E-state index contributed by atoms with van der Waals surface area (Å²) in [6, 6.07) is 0. The van der Waals surface area contributed by atoms with E-state index in [9.17, 15) is 40.9 Å². The molecule has 0 aromatic heterocycles. The highest BCUT2D eigenvalue weighted by molar-refractivity contribution is 4.94. The van der Waals surface area contributed by atoms with Gasteiger partial charge in [0.15, 0.2) is 12.6 Å². The Morgan fingerprint density at radius 2 is 1.41 bits per heavy atom. The highest BCUT2D eigenvalue weighted by atomic mass is 16.7. The van der Waals surface area contributed by atoms with Crippen molar-refractivity contribution in [2.75, 3.05) is 33.0 Å². The minimum absolute atomic E-state index is 0.503. The Morgan fingerprint density at radius 3 is 1.94 bits per heavy atom. The maximum absolute atomic E-state index is 10.8. The summed E-state index contributed by atoms with van der Waals surface area (Å²) < 4.78 is 27.9. The van der Waals surface area contributed by atoms with Crippen molar-refractivity contribution in [2.24, 2.45) is 5.92 Å². The normalized spacial score (nSPS) is 41.7. The number of aliphatic hydroxyl groups is 9. The summed E-state index contributed by atoms with van der Waals surface area (Å²) in [5.41, 5.74) is 0. The van der Waals surface area contributed by atoms with Crippen LogP contribution in [0.3, 0.4) is 0 Å². The number of hydrogen-bond donors (Lipinski definition) is 9. The molecular weight excluding hydrogens is 464 g/mol. The molecule has 202 valence electrons. The number of rotatable bonds is 12. The molecule has 0 radical (unpaired) electrons. The lowest BCUT2D eigenvalue weighted by Gasteiger charge is -2.47. The van der Waals surface area contributed by atoms with Crippen LogP contribution in [-0.2, 0) is 23.7 Å². The van der Waals surface area contributed by atoms with Crippen molar-refractivity contribution in [3.05, 3.63) is 0 Å². The standard InChI is InChI=1S/C20H38O14/c1-8-15(27)19(33-14(7-25)31-11(4-22)10(26)3-21)13(6-24)32-20(8)34-18-9(2)30-12(5-23)16(28)17(18)29/h8-29H,3-7H2,1-2H3/t8?,9-,10-,11?,12?,13+,14+,15?,16-,17?,18+,19-,20+/m1/s1. The SMILES string of the molecule is CC1C(O)[C@H](O[C@@H](CO)OC(CO)[C@H](O)CO)[C@H](CO)O[C@H]1O[C@@H]1C(O)[C@H](O)C(CO)O[C@@H]1C. The Labute approximate surface area is 196 Å². The van der Waals surface area contributed by atoms with E-state index in [1.54, 1.807) is 13.8 Å². The van der Waals surface area contributed by atoms with Crippen LogP contribution in [0.1, 0.15) is 13.8 Å². The van der Waals surface area contributed by atoms with Gasteiger partial charge in [-0.1, -0.05) is 6.92 Å². The molecule has 0 spiro atoms. The second kappa shape index (κ2) is 13.7. The summed E-state index contributed by atoms with van der Waals surface area (Å²) in [5, 5.41) is 88.1. The molecule has 0 aliphatic carbocycles. The lowest BCUT2D eigenvalue weighted by molar-refractivity contribution is -0.347. The maximum atomic E-state index is 10.8. The Bertz CT molecular complexity index is 581. The van der Waals surface area contributed by atoms with Gasteiger partial charge in [0.2, 0.25) is 0 Å². The topological polar surface area (TPSA) is 228 Å². The molecule has 14 nitrogen and oxygen atoms in total. The first-order valence-corrected chi connectivity index (χ1v) is 11.2. The fraction of sp³-hybridized carbons (Fsp3) is 1.00. The van der Waals surface area contributed by atoms with Gasteiger partial charge >= 0.3 is 0 Å². The Morgan fingerprint density at radius 1 is 0.765 bits per heavy atom. The van der Waals surface area contributed by atoms with E-state index < -0.39 is 113 Å². The molecule has 5 unspecified atom stereocenters. The highest BCUT2D eigenvalue weighted by Crippen LogP contribution is 2.33. The largest absolute Gasteiger partial charge is 0.394 e. The van der Waals surface area contributed by atoms with Crippen LogP contribution in [-0.4, -0.2) is 153 Å². The summed E-state index contributed by atoms with van der Waals surface area (Å²) in [6.45, 7) is -0.153. The molecule has 9 N–H and O–H groups in total. The lowest BCUT2D eigenvalue weighted by Crippen LogP contribution is -2.62. The van der Waals surface area contributed by atoms with E-state index in [-0.39, 0.29) is 0 Å². The minimum atomic E-state index is -1.45. The van der Waals surface area contributed by atoms with E-state index in [4.69, 9.17) is 28.8 Å². The van der Waals surface area contributed by atoms with Gasteiger partial charge in [-0.2, -0.15) is 0 Å². The molecule has 2 saturated heterocycles. The highest BCUT2D eigenvalue weighted by Gasteiger charge is 2.49. The quantitative estimate of drug-likeness (QED) is 0.114. The van der Waals surface area contributed by atoms with E-state index in [0.717, 1.165) is 0 Å². The maximum Gasteiger partial charge on any atom is 0.181 e. The summed E-state index contributed by atoms with van der Waals surface area (Å²) >= 11 is 0. The molecule has 0 saturated carbocycles. The molecule has 2 rings (SSSR count). The van der Waals surface area contributed by atoms with Crippen molar-refractivity contribution in [1.82, 2.24) is 0 Å². The molecule has 34 heavy (non-hydrogen) atoms. The molecule has 2 fully saturated rings. The third-order valence-electron chi connectivity index (χ3n) is 6.13. The third-order valence-corrected chi connectivity index (χ3v) is 6.13. The molecule has 2 aliphatic heterocycles. The monoisotopic (exact) mass is 502 g/mol. The fourth-order valence-electron chi connectivity index (χ4n) is 4.01. The van der Waals surface area contributed by atoms with Gasteiger partial charge in [0.1, 0.15) is 48.8 Å². The van der Waals surface area contributed by atoms with E-state index in [1.165, 1.54) is 0 Å². The number of hydrogen-bond acceptors (Lipinski definition) is 14. The predicted octanol–water partition coefficient (Wildman–Crippen LogP) is -4.98. The van der Waals surface area contributed by atoms with Gasteiger partial charge in [-0.25, -0.2) is 0 Å². The van der Waals surface area contributed by atoms with Crippen LogP contribution in [0, 0.1) is 5.92 Å². The smallest absolute Gasteiger partial charge is 0.181 e. The Hall–Kier alpha value is -0.560. The van der Waals surface area contributed by atoms with E-state index in [2.05, 4.69) is 0 Å². The van der Waals surface area contributed by atoms with Gasteiger partial charge in [-0.05, 0) is 6.92 Å². The fourth-order valence-corrected chi connectivity index (χ4v) is 4.01. The Balaban J connectivity index is 2.08. The van der Waals surface area contributed by atoms with Gasteiger partial charge in [0.25, 0.3) is 0 Å². The van der Waals surface area contributed by atoms with Gasteiger partial charge in [0.05, 0.1) is 45.2 Å². The van der Waals surface area contributed by atoms with Crippen LogP contribution >= 0.6 is 0 Å². The van der Waals surface area contributed by atoms with Crippen molar-refractivity contribution in [3.63, 3.8) is 0 Å². The zero-order chi connectivity index (χ0) is 25.6. The molecule has 2 aliphatic rings. The molecule has 14 heteroatoms. The van der Waals surface area contributed by atoms with Gasteiger partial charge in [0, 0.05) is 5.92 Å². The van der Waals surface area contributed by atoms with E-state index in [0.29, 0.717) is 0 Å². The first kappa shape index (κ1) is 29.7. The average Bonchev–Trinajstić information content (AvgIpc) is 2.84.